The van der Waals surface area contributed by atoms with E-state index >= 15 is 0 Å². The van der Waals surface area contributed by atoms with Crippen molar-refractivity contribution < 1.29 is 14.1 Å². The highest BCUT2D eigenvalue weighted by atomic mass is 35.5. The van der Waals surface area contributed by atoms with E-state index in [0.29, 0.717) is 37.6 Å². The number of amides is 1. The first-order valence-electron chi connectivity index (χ1n) is 8.11. The van der Waals surface area contributed by atoms with Crippen LogP contribution in [0.25, 0.3) is 0 Å². The maximum Gasteiger partial charge on any atom is 0.227 e. The predicted octanol–water partition coefficient (Wildman–Crippen LogP) is 1.91. The third-order valence-electron chi connectivity index (χ3n) is 4.18. The number of nitrogens with one attached hydrogen (secondary N) is 1. The minimum atomic E-state index is -0.0354. The van der Waals surface area contributed by atoms with Crippen LogP contribution in [0.3, 0.4) is 0 Å². The molecule has 1 N–H and O–H groups in total. The van der Waals surface area contributed by atoms with Crippen molar-refractivity contribution in [2.45, 2.75) is 25.8 Å². The maximum absolute atomic E-state index is 12.7. The normalized spacial score (nSPS) is 17.0. The van der Waals surface area contributed by atoms with E-state index in [1.165, 1.54) is 0 Å². The summed E-state index contributed by atoms with van der Waals surface area (Å²) >= 11 is 0. The molecule has 0 saturated carbocycles. The minimum absolute atomic E-state index is 0. The number of ether oxygens (including phenoxy) is 1. The highest BCUT2D eigenvalue weighted by molar-refractivity contribution is 5.85. The van der Waals surface area contributed by atoms with Crippen molar-refractivity contribution in [3.63, 3.8) is 0 Å². The van der Waals surface area contributed by atoms with Crippen molar-refractivity contribution in [2.24, 2.45) is 0 Å². The van der Waals surface area contributed by atoms with Crippen LogP contribution in [-0.4, -0.2) is 47.7 Å². The molecule has 2 aromatic rings. The van der Waals surface area contributed by atoms with Gasteiger partial charge in [0.2, 0.25) is 11.8 Å². The Bertz CT molecular complexity index is 707. The summed E-state index contributed by atoms with van der Waals surface area (Å²) in [6.45, 7) is 3.94. The number of carbonyl (C=O) groups is 1. The predicted molar refractivity (Wildman–Crippen MR) is 94.9 cm³/mol. The van der Waals surface area contributed by atoms with Gasteiger partial charge in [0.05, 0.1) is 13.2 Å². The standard InChI is InChI=1S/C17H22N4O3.ClH/c1-12-19-16(24-20-12)7-8-17(22)21-10-9-18-11-14(21)13-5-3-4-6-15(13)23-2;/h3-6,14,18H,7-11H2,1-2H3;1H. The Labute approximate surface area is 153 Å². The van der Waals surface area contributed by atoms with Crippen LogP contribution >= 0.6 is 12.4 Å². The minimum Gasteiger partial charge on any atom is -0.496 e. The molecule has 1 saturated heterocycles. The van der Waals surface area contributed by atoms with Gasteiger partial charge in [0.1, 0.15) is 5.75 Å². The molecule has 136 valence electrons. The van der Waals surface area contributed by atoms with Gasteiger partial charge in [-0.1, -0.05) is 23.4 Å². The van der Waals surface area contributed by atoms with Crippen LogP contribution < -0.4 is 10.1 Å². The van der Waals surface area contributed by atoms with Crippen LogP contribution in [0.15, 0.2) is 28.8 Å². The Balaban J connectivity index is 0.00000225. The molecule has 1 fully saturated rings. The molecule has 0 aliphatic carbocycles. The number of nitrogens with zero attached hydrogens (tertiary/aromatic N) is 3. The number of piperazine rings is 1. The van der Waals surface area contributed by atoms with Gasteiger partial charge in [-0.25, -0.2) is 0 Å². The number of hydrogen-bond donors (Lipinski definition) is 1. The van der Waals surface area contributed by atoms with Crippen molar-refractivity contribution in [3.8, 4) is 5.75 Å². The molecule has 1 aromatic heterocycles. The van der Waals surface area contributed by atoms with Gasteiger partial charge in [-0.15, -0.1) is 12.4 Å². The summed E-state index contributed by atoms with van der Waals surface area (Å²) in [4.78, 5) is 18.8. The summed E-state index contributed by atoms with van der Waals surface area (Å²) in [5.74, 6) is 1.98. The van der Waals surface area contributed by atoms with E-state index in [1.54, 1.807) is 14.0 Å². The van der Waals surface area contributed by atoms with Gasteiger partial charge in [-0.05, 0) is 13.0 Å². The monoisotopic (exact) mass is 366 g/mol. The Morgan fingerprint density at radius 2 is 2.24 bits per heavy atom. The molecule has 8 heteroatoms. The van der Waals surface area contributed by atoms with Crippen molar-refractivity contribution in [1.82, 2.24) is 20.4 Å². The smallest absolute Gasteiger partial charge is 0.227 e. The topological polar surface area (TPSA) is 80.5 Å². The van der Waals surface area contributed by atoms with Crippen molar-refractivity contribution in [2.75, 3.05) is 26.7 Å². The summed E-state index contributed by atoms with van der Waals surface area (Å²) in [5, 5.41) is 7.11. The van der Waals surface area contributed by atoms with E-state index in [9.17, 15) is 4.79 Å². The lowest BCUT2D eigenvalue weighted by Crippen LogP contribution is -2.48. The number of benzene rings is 1. The Hall–Kier alpha value is -2.12. The second-order valence-electron chi connectivity index (χ2n) is 5.78. The van der Waals surface area contributed by atoms with Gasteiger partial charge in [-0.2, -0.15) is 4.98 Å². The molecule has 1 aliphatic rings. The number of carbonyl (C=O) groups excluding carboxylic acids is 1. The van der Waals surface area contributed by atoms with Gasteiger partial charge in [0.15, 0.2) is 5.82 Å². The fraction of sp³-hybridized carbons (Fsp3) is 0.471. The zero-order valence-corrected chi connectivity index (χ0v) is 15.2. The van der Waals surface area contributed by atoms with Crippen molar-refractivity contribution in [1.29, 1.82) is 0 Å². The lowest BCUT2D eigenvalue weighted by atomic mass is 10.0. The lowest BCUT2D eigenvalue weighted by molar-refractivity contribution is -0.134. The molecule has 1 atom stereocenters. The highest BCUT2D eigenvalue weighted by Crippen LogP contribution is 2.30. The zero-order valence-electron chi connectivity index (χ0n) is 14.4. The molecule has 0 radical (unpaired) electrons. The molecule has 1 amide bonds. The molecule has 0 bridgehead atoms. The fourth-order valence-electron chi connectivity index (χ4n) is 3.02. The zero-order chi connectivity index (χ0) is 16.9. The van der Waals surface area contributed by atoms with E-state index in [4.69, 9.17) is 9.26 Å². The second kappa shape index (κ2) is 8.82. The van der Waals surface area contributed by atoms with E-state index < -0.39 is 0 Å². The van der Waals surface area contributed by atoms with E-state index in [0.717, 1.165) is 17.9 Å². The molecule has 3 rings (SSSR count). The number of rotatable bonds is 5. The first kappa shape index (κ1) is 19.2. The first-order valence-corrected chi connectivity index (χ1v) is 8.11. The number of hydrogen-bond acceptors (Lipinski definition) is 6. The van der Waals surface area contributed by atoms with E-state index in [-0.39, 0.29) is 24.4 Å². The number of halogens is 1. The summed E-state index contributed by atoms with van der Waals surface area (Å²) in [7, 11) is 1.65. The maximum atomic E-state index is 12.7. The summed E-state index contributed by atoms with van der Waals surface area (Å²) < 4.78 is 10.5. The third-order valence-corrected chi connectivity index (χ3v) is 4.18. The number of para-hydroxylation sites is 1. The fourth-order valence-corrected chi connectivity index (χ4v) is 3.02. The average Bonchev–Trinajstić information content (AvgIpc) is 3.05. The molecule has 1 aliphatic heterocycles. The van der Waals surface area contributed by atoms with Crippen LogP contribution in [-0.2, 0) is 11.2 Å². The van der Waals surface area contributed by atoms with Crippen molar-refractivity contribution >= 4 is 18.3 Å². The second-order valence-corrected chi connectivity index (χ2v) is 5.78. The molecule has 7 nitrogen and oxygen atoms in total. The average molecular weight is 367 g/mol. The van der Waals surface area contributed by atoms with Crippen LogP contribution in [0.5, 0.6) is 5.75 Å². The third kappa shape index (κ3) is 4.49. The molecular weight excluding hydrogens is 344 g/mol. The summed E-state index contributed by atoms with van der Waals surface area (Å²) in [5.41, 5.74) is 1.02. The Morgan fingerprint density at radius 3 is 2.96 bits per heavy atom. The summed E-state index contributed by atoms with van der Waals surface area (Å²) in [6, 6.07) is 7.80. The van der Waals surface area contributed by atoms with E-state index in [1.807, 2.05) is 29.2 Å². The molecular formula is C17H23ClN4O3. The SMILES string of the molecule is COc1ccccc1C1CNCCN1C(=O)CCc1nc(C)no1.Cl. The van der Waals surface area contributed by atoms with Gasteiger partial charge >= 0.3 is 0 Å². The number of aromatic nitrogens is 2. The molecule has 1 unspecified atom stereocenters. The van der Waals surface area contributed by atoms with Gasteiger partial charge in [0.25, 0.3) is 0 Å². The van der Waals surface area contributed by atoms with Crippen LogP contribution in [0.2, 0.25) is 0 Å². The number of aryl methyl sites for hydroxylation is 2. The summed E-state index contributed by atoms with van der Waals surface area (Å²) in [6.07, 6.45) is 0.815. The molecule has 25 heavy (non-hydrogen) atoms. The largest absolute Gasteiger partial charge is 0.496 e. The lowest BCUT2D eigenvalue weighted by Gasteiger charge is -2.37. The Morgan fingerprint density at radius 1 is 1.44 bits per heavy atom. The number of methoxy groups -OCH3 is 1. The van der Waals surface area contributed by atoms with E-state index in [2.05, 4.69) is 15.5 Å². The first-order chi connectivity index (χ1) is 11.7. The van der Waals surface area contributed by atoms with Crippen LogP contribution in [0.4, 0.5) is 0 Å². The van der Waals surface area contributed by atoms with Crippen molar-refractivity contribution in [3.05, 3.63) is 41.5 Å². The van der Waals surface area contributed by atoms with Gasteiger partial charge < -0.3 is 19.5 Å². The highest BCUT2D eigenvalue weighted by Gasteiger charge is 2.29. The molecule has 2 heterocycles. The van der Waals surface area contributed by atoms with Gasteiger partial charge in [-0.3, -0.25) is 4.79 Å². The Kier molecular flexibility index (Phi) is 6.78. The molecule has 0 spiro atoms. The van der Waals surface area contributed by atoms with Crippen LogP contribution in [0, 0.1) is 6.92 Å². The van der Waals surface area contributed by atoms with Crippen LogP contribution in [0.1, 0.15) is 29.7 Å². The van der Waals surface area contributed by atoms with Gasteiger partial charge in [0, 0.05) is 38.0 Å². The molecule has 1 aromatic carbocycles. The quantitative estimate of drug-likeness (QED) is 0.870.